The summed E-state index contributed by atoms with van der Waals surface area (Å²) in [6, 6.07) is 3.81. The summed E-state index contributed by atoms with van der Waals surface area (Å²) in [6.07, 6.45) is 3.09. The Morgan fingerprint density at radius 1 is 1.12 bits per heavy atom. The second kappa shape index (κ2) is 3.95. The Morgan fingerprint density at radius 3 is 2.18 bits per heavy atom. The van der Waals surface area contributed by atoms with Gasteiger partial charge in [0.05, 0.1) is 12.0 Å². The SMILES string of the molecule is CC(C)(C)c1cn(-c2c(F)cccc2F)cn1. The van der Waals surface area contributed by atoms with Crippen molar-refractivity contribution >= 4 is 0 Å². The number of aromatic nitrogens is 2. The molecule has 1 aromatic carbocycles. The van der Waals surface area contributed by atoms with E-state index in [0.29, 0.717) is 0 Å². The summed E-state index contributed by atoms with van der Waals surface area (Å²) < 4.78 is 28.5. The molecule has 0 amide bonds. The lowest BCUT2D eigenvalue weighted by molar-refractivity contribution is 0.564. The van der Waals surface area contributed by atoms with Crippen molar-refractivity contribution in [1.29, 1.82) is 0 Å². The van der Waals surface area contributed by atoms with E-state index in [1.54, 1.807) is 6.20 Å². The molecule has 0 saturated heterocycles. The van der Waals surface area contributed by atoms with Gasteiger partial charge in [0.25, 0.3) is 0 Å². The van der Waals surface area contributed by atoms with Crippen LogP contribution in [0.4, 0.5) is 8.78 Å². The third-order valence-corrected chi connectivity index (χ3v) is 2.55. The van der Waals surface area contributed by atoms with Gasteiger partial charge in [-0.05, 0) is 12.1 Å². The fraction of sp³-hybridized carbons (Fsp3) is 0.308. The molecule has 17 heavy (non-hydrogen) atoms. The molecule has 90 valence electrons. The molecule has 2 nitrogen and oxygen atoms in total. The predicted molar refractivity (Wildman–Crippen MR) is 62.2 cm³/mol. The molecule has 0 aliphatic heterocycles. The van der Waals surface area contributed by atoms with Crippen molar-refractivity contribution in [2.24, 2.45) is 0 Å². The number of para-hydroxylation sites is 1. The summed E-state index contributed by atoms with van der Waals surface area (Å²) in [5.41, 5.74) is 0.558. The molecule has 1 aromatic heterocycles. The van der Waals surface area contributed by atoms with Gasteiger partial charge in [0.1, 0.15) is 17.3 Å². The number of hydrogen-bond acceptors (Lipinski definition) is 1. The van der Waals surface area contributed by atoms with E-state index in [9.17, 15) is 8.78 Å². The zero-order valence-electron chi connectivity index (χ0n) is 10.0. The van der Waals surface area contributed by atoms with Crippen molar-refractivity contribution in [3.05, 3.63) is 48.1 Å². The molecular formula is C13H14F2N2. The molecule has 0 N–H and O–H groups in total. The largest absolute Gasteiger partial charge is 0.301 e. The van der Waals surface area contributed by atoms with Crippen LogP contribution in [0.1, 0.15) is 26.5 Å². The van der Waals surface area contributed by atoms with Crippen LogP contribution < -0.4 is 0 Å². The molecule has 0 atom stereocenters. The lowest BCUT2D eigenvalue weighted by Crippen LogP contribution is -2.11. The zero-order valence-corrected chi connectivity index (χ0v) is 10.0. The molecule has 2 rings (SSSR count). The van der Waals surface area contributed by atoms with E-state index in [2.05, 4.69) is 4.98 Å². The maximum absolute atomic E-state index is 13.6. The Labute approximate surface area is 98.9 Å². The second-order valence-electron chi connectivity index (χ2n) is 4.99. The summed E-state index contributed by atoms with van der Waals surface area (Å²) in [5.74, 6) is -1.19. The van der Waals surface area contributed by atoms with Crippen LogP contribution in [-0.2, 0) is 5.41 Å². The Morgan fingerprint density at radius 2 is 1.71 bits per heavy atom. The van der Waals surface area contributed by atoms with E-state index < -0.39 is 11.6 Å². The lowest BCUT2D eigenvalue weighted by atomic mass is 9.93. The molecule has 0 saturated carbocycles. The number of rotatable bonds is 1. The molecule has 0 unspecified atom stereocenters. The van der Waals surface area contributed by atoms with Gasteiger partial charge < -0.3 is 4.57 Å². The number of hydrogen-bond donors (Lipinski definition) is 0. The number of benzene rings is 1. The van der Waals surface area contributed by atoms with E-state index in [1.807, 2.05) is 20.8 Å². The Hall–Kier alpha value is -1.71. The van der Waals surface area contributed by atoms with Gasteiger partial charge >= 0.3 is 0 Å². The molecular weight excluding hydrogens is 222 g/mol. The molecule has 0 bridgehead atoms. The highest BCUT2D eigenvalue weighted by Gasteiger charge is 2.18. The van der Waals surface area contributed by atoms with Gasteiger partial charge in [-0.25, -0.2) is 13.8 Å². The van der Waals surface area contributed by atoms with E-state index in [1.165, 1.54) is 29.1 Å². The quantitative estimate of drug-likeness (QED) is 0.741. The lowest BCUT2D eigenvalue weighted by Gasteiger charge is -2.14. The summed E-state index contributed by atoms with van der Waals surface area (Å²) in [7, 11) is 0. The Balaban J connectivity index is 2.51. The van der Waals surface area contributed by atoms with Crippen LogP contribution in [-0.4, -0.2) is 9.55 Å². The molecule has 0 radical (unpaired) electrons. The average Bonchev–Trinajstić information content (AvgIpc) is 2.65. The highest BCUT2D eigenvalue weighted by Crippen LogP contribution is 2.23. The molecule has 4 heteroatoms. The van der Waals surface area contributed by atoms with E-state index in [0.717, 1.165) is 5.69 Å². The first-order valence-corrected chi connectivity index (χ1v) is 5.38. The normalized spacial score (nSPS) is 11.8. The third kappa shape index (κ3) is 2.20. The molecule has 0 fully saturated rings. The maximum atomic E-state index is 13.6. The van der Waals surface area contributed by atoms with Crippen molar-refractivity contribution in [3.63, 3.8) is 0 Å². The highest BCUT2D eigenvalue weighted by atomic mass is 19.1. The van der Waals surface area contributed by atoms with Gasteiger partial charge in [0, 0.05) is 11.6 Å². The van der Waals surface area contributed by atoms with E-state index in [-0.39, 0.29) is 11.1 Å². The summed E-state index contributed by atoms with van der Waals surface area (Å²) in [6.45, 7) is 5.99. The fourth-order valence-electron chi connectivity index (χ4n) is 1.57. The summed E-state index contributed by atoms with van der Waals surface area (Å²) in [5, 5.41) is 0. The van der Waals surface area contributed by atoms with Crippen LogP contribution in [0.3, 0.4) is 0 Å². The standard InChI is InChI=1S/C13H14F2N2/c1-13(2,3)11-7-17(8-16-11)12-9(14)5-4-6-10(12)15/h4-8H,1-3H3. The van der Waals surface area contributed by atoms with Crippen molar-refractivity contribution in [2.75, 3.05) is 0 Å². The highest BCUT2D eigenvalue weighted by molar-refractivity contribution is 5.36. The Kier molecular flexibility index (Phi) is 2.73. The molecule has 1 heterocycles. The van der Waals surface area contributed by atoms with Crippen LogP contribution in [0.25, 0.3) is 5.69 Å². The second-order valence-corrected chi connectivity index (χ2v) is 4.99. The molecule has 0 aliphatic carbocycles. The average molecular weight is 236 g/mol. The minimum atomic E-state index is -0.595. The minimum Gasteiger partial charge on any atom is -0.301 e. The van der Waals surface area contributed by atoms with Gasteiger partial charge in [-0.3, -0.25) is 0 Å². The van der Waals surface area contributed by atoms with Gasteiger partial charge in [0.2, 0.25) is 0 Å². The predicted octanol–water partition coefficient (Wildman–Crippen LogP) is 3.45. The minimum absolute atomic E-state index is 0.0875. The van der Waals surface area contributed by atoms with Crippen molar-refractivity contribution in [2.45, 2.75) is 26.2 Å². The molecule has 0 spiro atoms. The Bertz CT molecular complexity index is 518. The van der Waals surface area contributed by atoms with Crippen molar-refractivity contribution < 1.29 is 8.78 Å². The van der Waals surface area contributed by atoms with E-state index >= 15 is 0 Å². The van der Waals surface area contributed by atoms with E-state index in [4.69, 9.17) is 0 Å². The van der Waals surface area contributed by atoms with Crippen LogP contribution in [0, 0.1) is 11.6 Å². The molecule has 0 aliphatic rings. The molecule has 2 aromatic rings. The number of halogens is 2. The monoisotopic (exact) mass is 236 g/mol. The van der Waals surface area contributed by atoms with Crippen molar-refractivity contribution in [3.8, 4) is 5.69 Å². The smallest absolute Gasteiger partial charge is 0.150 e. The van der Waals surface area contributed by atoms with Crippen LogP contribution in [0.15, 0.2) is 30.7 Å². The third-order valence-electron chi connectivity index (χ3n) is 2.55. The maximum Gasteiger partial charge on any atom is 0.150 e. The first-order valence-electron chi connectivity index (χ1n) is 5.38. The first-order chi connectivity index (χ1) is 7.89. The fourth-order valence-corrected chi connectivity index (χ4v) is 1.57. The topological polar surface area (TPSA) is 17.8 Å². The van der Waals surface area contributed by atoms with Gasteiger partial charge in [-0.2, -0.15) is 0 Å². The van der Waals surface area contributed by atoms with Gasteiger partial charge in [-0.15, -0.1) is 0 Å². The number of imidazole rings is 1. The van der Waals surface area contributed by atoms with Crippen LogP contribution in [0.5, 0.6) is 0 Å². The van der Waals surface area contributed by atoms with Crippen molar-refractivity contribution in [1.82, 2.24) is 9.55 Å². The number of nitrogens with zero attached hydrogens (tertiary/aromatic N) is 2. The van der Waals surface area contributed by atoms with Crippen LogP contribution in [0.2, 0.25) is 0 Å². The summed E-state index contributed by atoms with van der Waals surface area (Å²) >= 11 is 0. The van der Waals surface area contributed by atoms with Gasteiger partial charge in [-0.1, -0.05) is 26.8 Å². The van der Waals surface area contributed by atoms with Gasteiger partial charge in [0.15, 0.2) is 0 Å². The zero-order chi connectivity index (χ0) is 12.6. The first kappa shape index (κ1) is 11.8. The summed E-state index contributed by atoms with van der Waals surface area (Å²) in [4.78, 5) is 4.18. The van der Waals surface area contributed by atoms with Crippen LogP contribution >= 0.6 is 0 Å².